The van der Waals surface area contributed by atoms with E-state index in [-0.39, 0.29) is 12.3 Å². The number of rotatable bonds is 6. The van der Waals surface area contributed by atoms with Gasteiger partial charge in [-0.1, -0.05) is 0 Å². The highest BCUT2D eigenvalue weighted by Crippen LogP contribution is 1.94. The van der Waals surface area contributed by atoms with Crippen molar-refractivity contribution in [1.29, 1.82) is 0 Å². The number of hydrogen-bond donors (Lipinski definition) is 4. The number of ketones is 1. The fourth-order valence-electron chi connectivity index (χ4n) is 0.776. The molecular weight excluding hydrogens is 206 g/mol. The molecule has 0 aliphatic heterocycles. The van der Waals surface area contributed by atoms with Crippen LogP contribution in [-0.2, 0) is 14.4 Å². The molecule has 80 valence electrons. The van der Waals surface area contributed by atoms with Gasteiger partial charge in [-0.25, -0.2) is 0 Å². The smallest absolute Gasteiger partial charge is 0.234 e. The monoisotopic (exact) mass is 219 g/mol. The summed E-state index contributed by atoms with van der Waals surface area (Å²) in [5, 5.41) is 2.32. The van der Waals surface area contributed by atoms with Gasteiger partial charge >= 0.3 is 0 Å². The van der Waals surface area contributed by atoms with Gasteiger partial charge in [0.1, 0.15) is 0 Å². The minimum Gasteiger partial charge on any atom is -0.369 e. The van der Waals surface area contributed by atoms with Crippen molar-refractivity contribution < 1.29 is 14.4 Å². The van der Waals surface area contributed by atoms with Crippen LogP contribution in [0.25, 0.3) is 0 Å². The number of nitrogens with two attached hydrogens (primary N) is 2. The van der Waals surface area contributed by atoms with E-state index < -0.39 is 30.1 Å². The van der Waals surface area contributed by atoms with E-state index in [1.807, 2.05) is 0 Å². The zero-order valence-electron chi connectivity index (χ0n) is 7.53. The molecule has 0 bridgehead atoms. The molecule has 0 radical (unpaired) electrons. The first-order valence-corrected chi connectivity index (χ1v) is 4.55. The number of nitrogens with one attached hydrogen (secondary N) is 1. The molecule has 1 atom stereocenters. The molecule has 0 fully saturated rings. The molecule has 0 aliphatic rings. The molecule has 0 rings (SSSR count). The van der Waals surface area contributed by atoms with Crippen LogP contribution in [0.4, 0.5) is 0 Å². The molecule has 0 aliphatic carbocycles. The first kappa shape index (κ1) is 12.9. The topological polar surface area (TPSA) is 115 Å². The lowest BCUT2D eigenvalue weighted by Gasteiger charge is -2.13. The predicted molar refractivity (Wildman–Crippen MR) is 53.7 cm³/mol. The molecule has 6 nitrogen and oxygen atoms in total. The lowest BCUT2D eigenvalue weighted by molar-refractivity contribution is -0.130. The molecule has 0 aromatic carbocycles. The number of amides is 2. The Morgan fingerprint density at radius 3 is 2.29 bits per heavy atom. The van der Waals surface area contributed by atoms with Crippen molar-refractivity contribution in [3.63, 3.8) is 0 Å². The largest absolute Gasteiger partial charge is 0.369 e. The van der Waals surface area contributed by atoms with Gasteiger partial charge in [0.05, 0.1) is 19.0 Å². The van der Waals surface area contributed by atoms with E-state index in [0.29, 0.717) is 0 Å². The van der Waals surface area contributed by atoms with Crippen LogP contribution in [-0.4, -0.2) is 35.9 Å². The molecule has 7 heteroatoms. The van der Waals surface area contributed by atoms with Crippen LogP contribution in [0, 0.1) is 0 Å². The van der Waals surface area contributed by atoms with Crippen LogP contribution in [0.3, 0.4) is 0 Å². The van der Waals surface area contributed by atoms with Gasteiger partial charge in [-0.05, 0) is 0 Å². The van der Waals surface area contributed by atoms with Crippen molar-refractivity contribution in [3.05, 3.63) is 0 Å². The molecule has 0 saturated carbocycles. The second kappa shape index (κ2) is 6.39. The number of hydrogen-bond acceptors (Lipinski definition) is 5. The Bertz CT molecular complexity index is 244. The van der Waals surface area contributed by atoms with Crippen LogP contribution in [0.5, 0.6) is 0 Å². The summed E-state index contributed by atoms with van der Waals surface area (Å²) in [5.74, 6) is -1.56. The fourth-order valence-corrected chi connectivity index (χ4v) is 1.07. The summed E-state index contributed by atoms with van der Waals surface area (Å²) in [7, 11) is 0. The van der Waals surface area contributed by atoms with Gasteiger partial charge in [0.15, 0.2) is 5.78 Å². The zero-order chi connectivity index (χ0) is 11.1. The van der Waals surface area contributed by atoms with Crippen molar-refractivity contribution in [2.75, 3.05) is 12.3 Å². The number of primary amides is 1. The first-order valence-electron chi connectivity index (χ1n) is 3.92. The summed E-state index contributed by atoms with van der Waals surface area (Å²) in [5.41, 5.74) is 9.86. The summed E-state index contributed by atoms with van der Waals surface area (Å²) in [6, 6.07) is -0.804. The Kier molecular flexibility index (Phi) is 5.89. The molecule has 0 aromatic heterocycles. The van der Waals surface area contributed by atoms with Crippen molar-refractivity contribution >= 4 is 30.2 Å². The quantitative estimate of drug-likeness (QED) is 0.300. The van der Waals surface area contributed by atoms with E-state index in [4.69, 9.17) is 11.5 Å². The Labute approximate surface area is 86.8 Å². The minimum atomic E-state index is -0.804. The molecule has 5 N–H and O–H groups in total. The third-order valence-corrected chi connectivity index (χ3v) is 1.81. The summed E-state index contributed by atoms with van der Waals surface area (Å²) in [4.78, 5) is 32.5. The molecular formula is C7H13N3O3S. The third kappa shape index (κ3) is 4.83. The average Bonchev–Trinajstić information content (AvgIpc) is 2.12. The average molecular weight is 219 g/mol. The van der Waals surface area contributed by atoms with Crippen molar-refractivity contribution in [1.82, 2.24) is 5.32 Å². The lowest BCUT2D eigenvalue weighted by Crippen LogP contribution is -2.45. The first-order chi connectivity index (χ1) is 6.51. The summed E-state index contributed by atoms with van der Waals surface area (Å²) >= 11 is 3.86. The van der Waals surface area contributed by atoms with E-state index in [1.54, 1.807) is 0 Å². The van der Waals surface area contributed by atoms with Crippen molar-refractivity contribution in [2.24, 2.45) is 11.5 Å². The Balaban J connectivity index is 4.19. The number of Topliss-reactive ketones (excluding diaryl/α,β-unsaturated/α-hetero) is 1. The maximum absolute atomic E-state index is 11.2. The Hall–Kier alpha value is -1.08. The van der Waals surface area contributed by atoms with Crippen molar-refractivity contribution in [2.45, 2.75) is 12.5 Å². The van der Waals surface area contributed by atoms with Crippen LogP contribution in [0.1, 0.15) is 6.42 Å². The van der Waals surface area contributed by atoms with E-state index in [0.717, 1.165) is 0 Å². The standard InChI is InChI=1S/C7H13N3O3S/c8-2-7(13)10-4(3-14)5(11)1-6(9)12/h4,14H,1-3,8H2,(H2,9,12)(H,10,13)/t4-/m0/s1. The van der Waals surface area contributed by atoms with Gasteiger partial charge < -0.3 is 16.8 Å². The van der Waals surface area contributed by atoms with Crippen LogP contribution in [0.2, 0.25) is 0 Å². The van der Waals surface area contributed by atoms with Gasteiger partial charge in [0.2, 0.25) is 11.8 Å². The molecule has 0 heterocycles. The molecule has 0 saturated heterocycles. The maximum Gasteiger partial charge on any atom is 0.234 e. The summed E-state index contributed by atoms with van der Waals surface area (Å²) in [6.45, 7) is -0.214. The molecule has 0 unspecified atom stereocenters. The summed E-state index contributed by atoms with van der Waals surface area (Å²) in [6.07, 6.45) is -0.407. The summed E-state index contributed by atoms with van der Waals surface area (Å²) < 4.78 is 0. The highest BCUT2D eigenvalue weighted by atomic mass is 32.1. The highest BCUT2D eigenvalue weighted by molar-refractivity contribution is 7.80. The van der Waals surface area contributed by atoms with Crippen molar-refractivity contribution in [3.8, 4) is 0 Å². The van der Waals surface area contributed by atoms with Gasteiger partial charge in [-0.3, -0.25) is 14.4 Å². The number of carbonyl (C=O) groups excluding carboxylic acids is 3. The molecule has 2 amide bonds. The molecule has 0 aromatic rings. The second-order valence-electron chi connectivity index (χ2n) is 2.62. The van der Waals surface area contributed by atoms with E-state index in [9.17, 15) is 14.4 Å². The Morgan fingerprint density at radius 2 is 1.93 bits per heavy atom. The zero-order valence-corrected chi connectivity index (χ0v) is 8.42. The van der Waals surface area contributed by atoms with Crippen LogP contribution >= 0.6 is 12.6 Å². The van der Waals surface area contributed by atoms with Gasteiger partial charge in [-0.2, -0.15) is 12.6 Å². The predicted octanol–water partition coefficient (Wildman–Crippen LogP) is -2.20. The number of thiol groups is 1. The van der Waals surface area contributed by atoms with E-state index in [2.05, 4.69) is 17.9 Å². The van der Waals surface area contributed by atoms with E-state index in [1.165, 1.54) is 0 Å². The van der Waals surface area contributed by atoms with Crippen LogP contribution in [0.15, 0.2) is 0 Å². The molecule has 14 heavy (non-hydrogen) atoms. The Morgan fingerprint density at radius 1 is 1.36 bits per heavy atom. The second-order valence-corrected chi connectivity index (χ2v) is 2.98. The van der Waals surface area contributed by atoms with E-state index >= 15 is 0 Å². The SMILES string of the molecule is NCC(=O)N[C@@H](CS)C(=O)CC(N)=O. The van der Waals surface area contributed by atoms with Gasteiger partial charge in [0, 0.05) is 5.75 Å². The highest BCUT2D eigenvalue weighted by Gasteiger charge is 2.19. The number of carbonyl (C=O) groups is 3. The third-order valence-electron chi connectivity index (χ3n) is 1.44. The maximum atomic E-state index is 11.2. The normalized spacial score (nSPS) is 11.9. The van der Waals surface area contributed by atoms with Gasteiger partial charge in [-0.15, -0.1) is 0 Å². The van der Waals surface area contributed by atoms with Crippen LogP contribution < -0.4 is 16.8 Å². The fraction of sp³-hybridized carbons (Fsp3) is 0.571. The minimum absolute atomic E-state index is 0.109. The lowest BCUT2D eigenvalue weighted by atomic mass is 10.1. The van der Waals surface area contributed by atoms with Gasteiger partial charge in [0.25, 0.3) is 0 Å². The molecule has 0 spiro atoms.